The number of rotatable bonds is 5. The van der Waals surface area contributed by atoms with Gasteiger partial charge in [0, 0.05) is 0 Å². The highest BCUT2D eigenvalue weighted by molar-refractivity contribution is 8.12. The Morgan fingerprint density at radius 1 is 1.06 bits per heavy atom. The van der Waals surface area contributed by atoms with Crippen LogP contribution in [-0.4, -0.2) is 21.4 Å². The van der Waals surface area contributed by atoms with E-state index >= 15 is 0 Å². The van der Waals surface area contributed by atoms with E-state index in [1.54, 1.807) is 0 Å². The molecule has 0 atom stereocenters. The van der Waals surface area contributed by atoms with Crippen molar-refractivity contribution in [1.82, 2.24) is 0 Å². The van der Waals surface area contributed by atoms with E-state index in [0.29, 0.717) is 0 Å². The second-order valence-corrected chi connectivity index (χ2v) is 9.85. The zero-order valence-corrected chi connectivity index (χ0v) is 12.1. The van der Waals surface area contributed by atoms with Crippen molar-refractivity contribution in [3.05, 3.63) is 0 Å². The second kappa shape index (κ2) is 5.36. The molecule has 0 heterocycles. The molecule has 0 aromatic rings. The summed E-state index contributed by atoms with van der Waals surface area (Å²) in [5, 5.41) is 0. The molecular weight excluding hydrogens is 321 g/mol. The molecule has 0 N–H and O–H groups in total. The highest BCUT2D eigenvalue weighted by atomic mass is 35.9. The Morgan fingerprint density at radius 2 is 1.38 bits per heavy atom. The molecule has 92 valence electrons. The number of hydrogen-bond donors (Lipinski definition) is 0. The Morgan fingerprint density at radius 3 is 1.56 bits per heavy atom. The van der Waals surface area contributed by atoms with Crippen LogP contribution in [0.2, 0.25) is 0 Å². The molecule has 0 radical (unpaired) electrons. The van der Waals surface area contributed by atoms with E-state index in [-0.39, 0.29) is 0 Å². The fourth-order valence-electron chi connectivity index (χ4n) is 0.957. The number of carbonyl (C=O) groups is 3. The van der Waals surface area contributed by atoms with Gasteiger partial charge < -0.3 is 0 Å². The Balaban J connectivity index is 5.43. The van der Waals surface area contributed by atoms with Crippen LogP contribution in [0.15, 0.2) is 0 Å². The van der Waals surface area contributed by atoms with Gasteiger partial charge in [-0.25, -0.2) is 0 Å². The number of carbonyl (C=O) groups excluding carboxylic acids is 3. The van der Waals surface area contributed by atoms with Crippen LogP contribution in [-0.2, 0) is 18.9 Å². The molecule has 0 spiro atoms. The van der Waals surface area contributed by atoms with E-state index in [4.69, 9.17) is 45.7 Å². The maximum absolute atomic E-state index is 11.6. The monoisotopic (exact) mass is 326 g/mol. The van der Waals surface area contributed by atoms with Gasteiger partial charge in [-0.1, -0.05) is 23.2 Å². The molecular formula is C7H7Cl4O4P. The summed E-state index contributed by atoms with van der Waals surface area (Å²) in [5.41, 5.74) is 0. The molecule has 0 amide bonds. The fraction of sp³-hybridized carbons (Fsp3) is 0.571. The molecule has 0 unspecified atom stereocenters. The minimum Gasteiger partial charge on any atom is -0.299 e. The number of hydrogen-bond acceptors (Lipinski definition) is 4. The first kappa shape index (κ1) is 16.4. The molecule has 0 saturated heterocycles. The molecule has 0 saturated carbocycles. The van der Waals surface area contributed by atoms with Crippen molar-refractivity contribution in [1.29, 1.82) is 0 Å². The molecule has 0 bridgehead atoms. The van der Waals surface area contributed by atoms with Crippen molar-refractivity contribution < 1.29 is 18.9 Å². The van der Waals surface area contributed by atoms with Crippen LogP contribution in [0.5, 0.6) is 0 Å². The largest absolute Gasteiger partial charge is 0.299 e. The first-order valence-electron chi connectivity index (χ1n) is 3.85. The number of Topliss-reactive ketones (excluding diaryl/α,β-unsaturated/α-hetero) is 3. The smallest absolute Gasteiger partial charge is 0.295 e. The van der Waals surface area contributed by atoms with Crippen molar-refractivity contribution in [3.63, 3.8) is 0 Å². The van der Waals surface area contributed by atoms with E-state index in [1.807, 2.05) is 0 Å². The molecule has 0 rings (SSSR count). The minimum atomic E-state index is -4.24. The molecule has 0 aromatic heterocycles. The van der Waals surface area contributed by atoms with Gasteiger partial charge in [0.2, 0.25) is 0 Å². The Bertz CT molecular complexity index is 372. The summed E-state index contributed by atoms with van der Waals surface area (Å²) in [4.78, 5) is 33.8. The normalized spacial score (nSPS) is 12.7. The van der Waals surface area contributed by atoms with Crippen LogP contribution in [0.4, 0.5) is 0 Å². The van der Waals surface area contributed by atoms with Crippen LogP contribution >= 0.6 is 51.5 Å². The Hall–Kier alpha value is 0.400. The first-order chi connectivity index (χ1) is 6.93. The molecule has 0 aliphatic carbocycles. The van der Waals surface area contributed by atoms with Crippen LogP contribution in [0, 0.1) is 5.92 Å². The van der Waals surface area contributed by atoms with Gasteiger partial charge in [-0.05, 0) is 36.3 Å². The van der Waals surface area contributed by atoms with E-state index in [0.717, 1.165) is 13.8 Å². The van der Waals surface area contributed by atoms with Gasteiger partial charge in [0.15, 0.2) is 5.78 Å². The first-order valence-corrected chi connectivity index (χ1v) is 8.12. The molecule has 0 aromatic carbocycles. The summed E-state index contributed by atoms with van der Waals surface area (Å²) >= 11 is 21.2. The van der Waals surface area contributed by atoms with Gasteiger partial charge >= 0.3 is 0 Å². The standard InChI is InChI=1S/C7H7Cl4O4P/c1-3(12)5(4(2)13)6(14)7(8,9)16(10,11)15/h5H,1-2H3. The SMILES string of the molecule is CC(=O)C(C(C)=O)C(=O)C(Cl)(Cl)P(=O)(Cl)Cl. The van der Waals surface area contributed by atoms with Gasteiger partial charge in [0.25, 0.3) is 9.92 Å². The third kappa shape index (κ3) is 3.44. The second-order valence-electron chi connectivity index (χ2n) is 3.02. The summed E-state index contributed by atoms with van der Waals surface area (Å²) in [6.45, 7) is 2.00. The Labute approximate surface area is 112 Å². The van der Waals surface area contributed by atoms with Crippen LogP contribution in [0.25, 0.3) is 0 Å². The highest BCUT2D eigenvalue weighted by Crippen LogP contribution is 2.71. The average molecular weight is 328 g/mol. The van der Waals surface area contributed by atoms with Crippen molar-refractivity contribution >= 4 is 68.9 Å². The van der Waals surface area contributed by atoms with Crippen LogP contribution < -0.4 is 0 Å². The van der Waals surface area contributed by atoms with Crippen molar-refractivity contribution in [2.24, 2.45) is 5.92 Å². The third-order valence-electron chi connectivity index (χ3n) is 1.70. The van der Waals surface area contributed by atoms with Crippen LogP contribution in [0.1, 0.15) is 13.8 Å². The molecule has 0 aliphatic rings. The van der Waals surface area contributed by atoms with E-state index < -0.39 is 33.2 Å². The molecule has 0 fully saturated rings. The predicted octanol–water partition coefficient (Wildman–Crippen LogP) is 3.15. The van der Waals surface area contributed by atoms with Gasteiger partial charge in [-0.15, -0.1) is 0 Å². The maximum atomic E-state index is 11.6. The summed E-state index contributed by atoms with van der Waals surface area (Å²) in [6.07, 6.45) is 0. The van der Waals surface area contributed by atoms with Gasteiger partial charge in [0.05, 0.1) is 0 Å². The highest BCUT2D eigenvalue weighted by Gasteiger charge is 2.54. The quantitative estimate of drug-likeness (QED) is 0.442. The molecule has 0 aliphatic heterocycles. The topological polar surface area (TPSA) is 68.3 Å². The average Bonchev–Trinajstić information content (AvgIpc) is 1.99. The lowest BCUT2D eigenvalue weighted by Gasteiger charge is -2.21. The van der Waals surface area contributed by atoms with Crippen molar-refractivity contribution in [2.75, 3.05) is 0 Å². The summed E-state index contributed by atoms with van der Waals surface area (Å²) < 4.78 is 8.58. The lowest BCUT2D eigenvalue weighted by Crippen LogP contribution is -2.38. The van der Waals surface area contributed by atoms with Gasteiger partial charge in [-0.2, -0.15) is 0 Å². The lowest BCUT2D eigenvalue weighted by atomic mass is 9.96. The van der Waals surface area contributed by atoms with Crippen molar-refractivity contribution in [3.8, 4) is 0 Å². The minimum absolute atomic E-state index is 0.773. The van der Waals surface area contributed by atoms with E-state index in [2.05, 4.69) is 0 Å². The third-order valence-corrected chi connectivity index (χ3v) is 6.93. The summed E-state index contributed by atoms with van der Waals surface area (Å²) in [6, 6.07) is 0. The lowest BCUT2D eigenvalue weighted by molar-refractivity contribution is -0.137. The fourth-order valence-corrected chi connectivity index (χ4v) is 2.06. The Kier molecular flexibility index (Phi) is 5.50. The van der Waals surface area contributed by atoms with Crippen LogP contribution in [0.3, 0.4) is 0 Å². The van der Waals surface area contributed by atoms with Crippen molar-refractivity contribution in [2.45, 2.75) is 17.9 Å². The number of halogens is 4. The molecule has 4 nitrogen and oxygen atoms in total. The zero-order chi connectivity index (χ0) is 13.3. The summed E-state index contributed by atoms with van der Waals surface area (Å²) in [5.74, 6) is -8.76. The maximum Gasteiger partial charge on any atom is 0.295 e. The van der Waals surface area contributed by atoms with Gasteiger partial charge in [-0.3, -0.25) is 18.9 Å². The van der Waals surface area contributed by atoms with E-state index in [9.17, 15) is 18.9 Å². The number of alkyl halides is 2. The van der Waals surface area contributed by atoms with Gasteiger partial charge in [0.1, 0.15) is 17.5 Å². The number of ketones is 3. The molecule has 16 heavy (non-hydrogen) atoms. The zero-order valence-electron chi connectivity index (χ0n) is 8.17. The summed E-state index contributed by atoms with van der Waals surface area (Å²) in [7, 11) is 0. The molecule has 9 heteroatoms. The van der Waals surface area contributed by atoms with E-state index in [1.165, 1.54) is 0 Å². The predicted molar refractivity (Wildman–Crippen MR) is 63.6 cm³/mol.